The smallest absolute Gasteiger partial charge is 0.293 e. The molecule has 5 nitrogen and oxygen atoms in total. The van der Waals surface area contributed by atoms with E-state index in [1.54, 1.807) is 26.4 Å². The first kappa shape index (κ1) is 17.1. The van der Waals surface area contributed by atoms with Crippen LogP contribution in [-0.4, -0.2) is 43.4 Å². The Morgan fingerprint density at radius 3 is 2.73 bits per heavy atom. The number of amides is 2. The van der Waals surface area contributed by atoms with Crippen molar-refractivity contribution in [1.29, 1.82) is 0 Å². The average Bonchev–Trinajstić information content (AvgIpc) is 2.75. The second-order valence-electron chi connectivity index (χ2n) is 4.57. The summed E-state index contributed by atoms with van der Waals surface area (Å²) in [6.07, 6.45) is 2.35. The molecule has 1 heterocycles. The summed E-state index contributed by atoms with van der Waals surface area (Å²) in [7, 11) is 3.18. The number of carbonyl (C=O) groups is 2. The van der Waals surface area contributed by atoms with E-state index in [4.69, 9.17) is 9.47 Å². The monoisotopic (exact) mass is 385 g/mol. The first-order valence-electron chi connectivity index (χ1n) is 6.64. The summed E-state index contributed by atoms with van der Waals surface area (Å²) in [5.41, 5.74) is 0.829. The summed E-state index contributed by atoms with van der Waals surface area (Å²) in [5.74, 6) is 0.461. The molecule has 0 bridgehead atoms. The zero-order valence-corrected chi connectivity index (χ0v) is 14.7. The van der Waals surface area contributed by atoms with Crippen LogP contribution in [0.15, 0.2) is 27.6 Å². The number of halogens is 1. The summed E-state index contributed by atoms with van der Waals surface area (Å²) in [6.45, 7) is 0.897. The van der Waals surface area contributed by atoms with Crippen LogP contribution in [0.25, 0.3) is 6.08 Å². The molecule has 0 saturated carbocycles. The minimum Gasteiger partial charge on any atom is -0.496 e. The van der Waals surface area contributed by atoms with Gasteiger partial charge in [-0.25, -0.2) is 0 Å². The Labute approximate surface area is 141 Å². The molecule has 22 heavy (non-hydrogen) atoms. The Bertz CT molecular complexity index is 618. The molecule has 1 aliphatic heterocycles. The van der Waals surface area contributed by atoms with Crippen LogP contribution in [0.5, 0.6) is 5.75 Å². The van der Waals surface area contributed by atoms with Gasteiger partial charge in [-0.3, -0.25) is 14.5 Å². The number of carbonyl (C=O) groups excluding carboxylic acids is 2. The Hall–Kier alpha value is -1.31. The molecule has 0 radical (unpaired) electrons. The maximum atomic E-state index is 12.3. The number of methoxy groups -OCH3 is 2. The van der Waals surface area contributed by atoms with Crippen molar-refractivity contribution in [2.45, 2.75) is 6.42 Å². The lowest BCUT2D eigenvalue weighted by Crippen LogP contribution is -2.29. The minimum absolute atomic E-state index is 0.236. The van der Waals surface area contributed by atoms with Crippen molar-refractivity contribution >= 4 is 44.9 Å². The van der Waals surface area contributed by atoms with Gasteiger partial charge in [0.25, 0.3) is 11.1 Å². The van der Waals surface area contributed by atoms with Crippen LogP contribution in [0.2, 0.25) is 0 Å². The number of hydrogen-bond acceptors (Lipinski definition) is 5. The predicted molar refractivity (Wildman–Crippen MR) is 89.9 cm³/mol. The quantitative estimate of drug-likeness (QED) is 0.553. The third-order valence-corrected chi connectivity index (χ3v) is 4.60. The molecule has 1 fully saturated rings. The Morgan fingerprint density at radius 2 is 2.09 bits per heavy atom. The largest absolute Gasteiger partial charge is 0.496 e. The van der Waals surface area contributed by atoms with Gasteiger partial charge in [-0.2, -0.15) is 0 Å². The van der Waals surface area contributed by atoms with Gasteiger partial charge < -0.3 is 9.47 Å². The molecule has 1 aromatic rings. The number of nitrogens with zero attached hydrogens (tertiary/aromatic N) is 1. The van der Waals surface area contributed by atoms with E-state index in [2.05, 4.69) is 15.9 Å². The molecule has 2 rings (SSSR count). The number of thioether (sulfide) groups is 1. The van der Waals surface area contributed by atoms with E-state index in [1.165, 1.54) is 4.90 Å². The van der Waals surface area contributed by atoms with Crippen molar-refractivity contribution in [3.05, 3.63) is 33.1 Å². The Morgan fingerprint density at radius 1 is 1.32 bits per heavy atom. The van der Waals surface area contributed by atoms with Gasteiger partial charge in [-0.15, -0.1) is 0 Å². The predicted octanol–water partition coefficient (Wildman–Crippen LogP) is 3.53. The number of benzene rings is 1. The maximum absolute atomic E-state index is 12.3. The van der Waals surface area contributed by atoms with E-state index < -0.39 is 0 Å². The summed E-state index contributed by atoms with van der Waals surface area (Å²) in [5, 5.41) is -0.236. The SMILES string of the molecule is COCCCN1C(=O)S/C(=C/c2ccc(OC)c(Br)c2)C1=O. The summed E-state index contributed by atoms with van der Waals surface area (Å²) in [6, 6.07) is 5.49. The highest BCUT2D eigenvalue weighted by Gasteiger charge is 2.34. The summed E-state index contributed by atoms with van der Waals surface area (Å²) in [4.78, 5) is 25.9. The van der Waals surface area contributed by atoms with Crippen molar-refractivity contribution in [1.82, 2.24) is 4.90 Å². The highest BCUT2D eigenvalue weighted by atomic mass is 79.9. The zero-order chi connectivity index (χ0) is 16.1. The van der Waals surface area contributed by atoms with Gasteiger partial charge in [0.05, 0.1) is 16.5 Å². The molecule has 0 atom stereocenters. The first-order valence-corrected chi connectivity index (χ1v) is 8.25. The molecule has 7 heteroatoms. The summed E-state index contributed by atoms with van der Waals surface area (Å²) < 4.78 is 10.9. The van der Waals surface area contributed by atoms with E-state index in [0.29, 0.717) is 30.2 Å². The van der Waals surface area contributed by atoms with E-state index in [-0.39, 0.29) is 11.1 Å². The molecule has 0 aromatic heterocycles. The molecule has 1 aromatic carbocycles. The lowest BCUT2D eigenvalue weighted by atomic mass is 10.2. The van der Waals surface area contributed by atoms with Crippen LogP contribution in [0, 0.1) is 0 Å². The van der Waals surface area contributed by atoms with Crippen LogP contribution in [0.1, 0.15) is 12.0 Å². The molecular weight excluding hydrogens is 370 g/mol. The van der Waals surface area contributed by atoms with Crippen LogP contribution in [-0.2, 0) is 9.53 Å². The lowest BCUT2D eigenvalue weighted by molar-refractivity contribution is -0.122. The van der Waals surface area contributed by atoms with E-state index >= 15 is 0 Å². The second-order valence-corrected chi connectivity index (χ2v) is 6.42. The number of ether oxygens (including phenoxy) is 2. The van der Waals surface area contributed by atoms with Crippen LogP contribution in [0.3, 0.4) is 0 Å². The van der Waals surface area contributed by atoms with Gasteiger partial charge in [0.1, 0.15) is 5.75 Å². The number of rotatable bonds is 6. The molecule has 1 aliphatic rings. The topological polar surface area (TPSA) is 55.8 Å². The van der Waals surface area contributed by atoms with Gasteiger partial charge in [-0.1, -0.05) is 6.07 Å². The van der Waals surface area contributed by atoms with Crippen molar-refractivity contribution in [3.63, 3.8) is 0 Å². The normalized spacial score (nSPS) is 16.7. The fraction of sp³-hybridized carbons (Fsp3) is 0.333. The highest BCUT2D eigenvalue weighted by Crippen LogP contribution is 2.33. The molecule has 0 N–H and O–H groups in total. The molecule has 0 spiro atoms. The Kier molecular flexibility index (Phi) is 6.05. The first-order chi connectivity index (χ1) is 10.6. The van der Waals surface area contributed by atoms with Crippen molar-refractivity contribution < 1.29 is 19.1 Å². The molecule has 1 saturated heterocycles. The molecular formula is C15H16BrNO4S. The number of hydrogen-bond donors (Lipinski definition) is 0. The minimum atomic E-state index is -0.252. The summed E-state index contributed by atoms with van der Waals surface area (Å²) >= 11 is 4.36. The Balaban J connectivity index is 2.14. The average molecular weight is 386 g/mol. The van der Waals surface area contributed by atoms with Gasteiger partial charge in [-0.05, 0) is 57.9 Å². The third-order valence-electron chi connectivity index (χ3n) is 3.08. The van der Waals surface area contributed by atoms with Crippen LogP contribution in [0.4, 0.5) is 4.79 Å². The van der Waals surface area contributed by atoms with Gasteiger partial charge in [0.15, 0.2) is 0 Å². The van der Waals surface area contributed by atoms with Crippen molar-refractivity contribution in [2.24, 2.45) is 0 Å². The molecule has 0 unspecified atom stereocenters. The second kappa shape index (κ2) is 7.80. The van der Waals surface area contributed by atoms with E-state index in [1.807, 2.05) is 12.1 Å². The standard InChI is InChI=1S/C15H16BrNO4S/c1-20-7-3-6-17-14(18)13(22-15(17)19)9-10-4-5-12(21-2)11(16)8-10/h4-5,8-9H,3,6-7H2,1-2H3/b13-9+. The van der Waals surface area contributed by atoms with Crippen molar-refractivity contribution in [3.8, 4) is 5.75 Å². The molecule has 118 valence electrons. The van der Waals surface area contributed by atoms with E-state index in [0.717, 1.165) is 21.8 Å². The zero-order valence-electron chi connectivity index (χ0n) is 12.3. The van der Waals surface area contributed by atoms with Crippen molar-refractivity contribution in [2.75, 3.05) is 27.4 Å². The van der Waals surface area contributed by atoms with Crippen LogP contribution < -0.4 is 4.74 Å². The van der Waals surface area contributed by atoms with Gasteiger partial charge >= 0.3 is 0 Å². The van der Waals surface area contributed by atoms with Gasteiger partial charge in [0, 0.05) is 20.3 Å². The maximum Gasteiger partial charge on any atom is 0.293 e. The lowest BCUT2D eigenvalue weighted by Gasteiger charge is -2.11. The molecule has 0 aliphatic carbocycles. The number of imide groups is 1. The molecule has 2 amide bonds. The fourth-order valence-corrected chi connectivity index (χ4v) is 3.41. The van der Waals surface area contributed by atoms with E-state index in [9.17, 15) is 9.59 Å². The van der Waals surface area contributed by atoms with Gasteiger partial charge in [0.2, 0.25) is 0 Å². The third kappa shape index (κ3) is 3.91. The fourth-order valence-electron chi connectivity index (χ4n) is 1.98. The highest BCUT2D eigenvalue weighted by molar-refractivity contribution is 9.10. The van der Waals surface area contributed by atoms with Crippen LogP contribution >= 0.6 is 27.7 Å².